The number of para-hydroxylation sites is 2. The SMILES string of the molecule is CC(N)c1nc2ccccc2n1CC#N. The number of hydrogen-bond donors (Lipinski definition) is 1. The van der Waals surface area contributed by atoms with Crippen molar-refractivity contribution in [2.75, 3.05) is 0 Å². The Kier molecular flexibility index (Phi) is 2.40. The van der Waals surface area contributed by atoms with Gasteiger partial charge in [0.1, 0.15) is 12.4 Å². The highest BCUT2D eigenvalue weighted by atomic mass is 15.1. The van der Waals surface area contributed by atoms with Crippen molar-refractivity contribution in [3.63, 3.8) is 0 Å². The number of nitriles is 1. The van der Waals surface area contributed by atoms with Crippen molar-refractivity contribution < 1.29 is 0 Å². The second kappa shape index (κ2) is 3.71. The molecule has 0 aliphatic heterocycles. The molecule has 1 aromatic carbocycles. The molecule has 0 saturated carbocycles. The second-order valence-corrected chi connectivity index (χ2v) is 3.49. The Labute approximate surface area is 87.9 Å². The Morgan fingerprint density at radius 1 is 1.53 bits per heavy atom. The van der Waals surface area contributed by atoms with Crippen LogP contribution in [-0.4, -0.2) is 9.55 Å². The molecule has 76 valence electrons. The van der Waals surface area contributed by atoms with E-state index in [4.69, 9.17) is 11.0 Å². The average molecular weight is 200 g/mol. The first-order chi connectivity index (χ1) is 7.24. The van der Waals surface area contributed by atoms with Crippen LogP contribution < -0.4 is 5.73 Å². The van der Waals surface area contributed by atoms with Crippen LogP contribution in [0.2, 0.25) is 0 Å². The lowest BCUT2D eigenvalue weighted by Gasteiger charge is -2.06. The first-order valence-corrected chi connectivity index (χ1v) is 4.81. The Hall–Kier alpha value is -1.86. The Bertz CT molecular complexity index is 519. The summed E-state index contributed by atoms with van der Waals surface area (Å²) in [6.07, 6.45) is 0. The lowest BCUT2D eigenvalue weighted by Crippen LogP contribution is -2.13. The number of nitrogens with two attached hydrogens (primary N) is 1. The van der Waals surface area contributed by atoms with Crippen LogP contribution in [0, 0.1) is 11.3 Å². The summed E-state index contributed by atoms with van der Waals surface area (Å²) in [6, 6.07) is 9.70. The van der Waals surface area contributed by atoms with Crippen molar-refractivity contribution in [1.29, 1.82) is 5.26 Å². The van der Waals surface area contributed by atoms with Crippen LogP contribution in [0.1, 0.15) is 18.8 Å². The minimum Gasteiger partial charge on any atom is -0.322 e. The van der Waals surface area contributed by atoms with Gasteiger partial charge in [0.05, 0.1) is 23.1 Å². The minimum absolute atomic E-state index is 0.161. The molecule has 4 heteroatoms. The Morgan fingerprint density at radius 3 is 2.93 bits per heavy atom. The monoisotopic (exact) mass is 200 g/mol. The lowest BCUT2D eigenvalue weighted by atomic mass is 10.3. The van der Waals surface area contributed by atoms with E-state index in [-0.39, 0.29) is 12.6 Å². The van der Waals surface area contributed by atoms with Crippen LogP contribution in [0.4, 0.5) is 0 Å². The Morgan fingerprint density at radius 2 is 2.27 bits per heavy atom. The molecule has 0 radical (unpaired) electrons. The van der Waals surface area contributed by atoms with Gasteiger partial charge in [0, 0.05) is 0 Å². The summed E-state index contributed by atoms with van der Waals surface area (Å²) in [5, 5.41) is 8.76. The maximum Gasteiger partial charge on any atom is 0.127 e. The fraction of sp³-hybridized carbons (Fsp3) is 0.273. The van der Waals surface area contributed by atoms with E-state index >= 15 is 0 Å². The van der Waals surface area contributed by atoms with Crippen molar-refractivity contribution in [2.24, 2.45) is 5.73 Å². The highest BCUT2D eigenvalue weighted by molar-refractivity contribution is 5.76. The van der Waals surface area contributed by atoms with Gasteiger partial charge in [-0.25, -0.2) is 4.98 Å². The van der Waals surface area contributed by atoms with Crippen molar-refractivity contribution in [1.82, 2.24) is 9.55 Å². The molecule has 1 heterocycles. The first-order valence-electron chi connectivity index (χ1n) is 4.81. The standard InChI is InChI=1S/C11H12N4/c1-8(13)11-14-9-4-2-3-5-10(9)15(11)7-6-12/h2-5,8H,7,13H2,1H3. The lowest BCUT2D eigenvalue weighted by molar-refractivity contribution is 0.674. The third-order valence-corrected chi connectivity index (χ3v) is 2.32. The van der Waals surface area contributed by atoms with E-state index in [1.54, 1.807) is 0 Å². The summed E-state index contributed by atoms with van der Waals surface area (Å²) in [5.41, 5.74) is 7.67. The fourth-order valence-electron chi connectivity index (χ4n) is 1.68. The molecule has 0 aliphatic carbocycles. The van der Waals surface area contributed by atoms with Crippen molar-refractivity contribution >= 4 is 11.0 Å². The van der Waals surface area contributed by atoms with Crippen LogP contribution in [0.25, 0.3) is 11.0 Å². The van der Waals surface area contributed by atoms with E-state index in [0.717, 1.165) is 16.9 Å². The van der Waals surface area contributed by atoms with Gasteiger partial charge in [-0.05, 0) is 19.1 Å². The van der Waals surface area contributed by atoms with Gasteiger partial charge in [-0.15, -0.1) is 0 Å². The van der Waals surface area contributed by atoms with E-state index in [1.807, 2.05) is 35.8 Å². The van der Waals surface area contributed by atoms with Crippen LogP contribution in [0.5, 0.6) is 0 Å². The van der Waals surface area contributed by atoms with Crippen LogP contribution in [-0.2, 0) is 6.54 Å². The molecular formula is C11H12N4. The van der Waals surface area contributed by atoms with Gasteiger partial charge in [-0.1, -0.05) is 12.1 Å². The molecule has 2 rings (SSSR count). The van der Waals surface area contributed by atoms with E-state index in [9.17, 15) is 0 Å². The summed E-state index contributed by atoms with van der Waals surface area (Å²) in [5.74, 6) is 0.762. The molecule has 0 aliphatic rings. The predicted molar refractivity (Wildman–Crippen MR) is 57.9 cm³/mol. The van der Waals surface area contributed by atoms with E-state index in [1.165, 1.54) is 0 Å². The molecule has 2 aromatic rings. The minimum atomic E-state index is -0.161. The van der Waals surface area contributed by atoms with Gasteiger partial charge < -0.3 is 10.3 Å². The molecule has 15 heavy (non-hydrogen) atoms. The topological polar surface area (TPSA) is 67.6 Å². The molecule has 2 N–H and O–H groups in total. The molecule has 1 atom stereocenters. The number of aromatic nitrogens is 2. The molecule has 0 amide bonds. The third-order valence-electron chi connectivity index (χ3n) is 2.32. The molecule has 0 bridgehead atoms. The molecular weight excluding hydrogens is 188 g/mol. The first kappa shape index (κ1) is 9.69. The highest BCUT2D eigenvalue weighted by Gasteiger charge is 2.12. The van der Waals surface area contributed by atoms with Crippen molar-refractivity contribution in [3.8, 4) is 6.07 Å². The molecule has 0 saturated heterocycles. The van der Waals surface area contributed by atoms with Crippen molar-refractivity contribution in [3.05, 3.63) is 30.1 Å². The summed E-state index contributed by atoms with van der Waals surface area (Å²) in [7, 11) is 0. The second-order valence-electron chi connectivity index (χ2n) is 3.49. The maximum absolute atomic E-state index is 8.76. The predicted octanol–water partition coefficient (Wildman–Crippen LogP) is 1.58. The summed E-state index contributed by atoms with van der Waals surface area (Å²) in [4.78, 5) is 4.42. The number of rotatable bonds is 2. The molecule has 0 fully saturated rings. The van der Waals surface area contributed by atoms with Gasteiger partial charge in [-0.3, -0.25) is 0 Å². The van der Waals surface area contributed by atoms with Gasteiger partial charge in [0.2, 0.25) is 0 Å². The van der Waals surface area contributed by atoms with Crippen molar-refractivity contribution in [2.45, 2.75) is 19.5 Å². The van der Waals surface area contributed by atoms with Gasteiger partial charge in [-0.2, -0.15) is 5.26 Å². The summed E-state index contributed by atoms with van der Waals surface area (Å²) in [6.45, 7) is 2.16. The zero-order valence-electron chi connectivity index (χ0n) is 8.51. The molecule has 4 nitrogen and oxygen atoms in total. The Balaban J connectivity index is 2.70. The van der Waals surface area contributed by atoms with E-state index in [2.05, 4.69) is 11.1 Å². The van der Waals surface area contributed by atoms with E-state index < -0.39 is 0 Å². The smallest absolute Gasteiger partial charge is 0.127 e. The highest BCUT2D eigenvalue weighted by Crippen LogP contribution is 2.18. The maximum atomic E-state index is 8.76. The van der Waals surface area contributed by atoms with Gasteiger partial charge in [0.25, 0.3) is 0 Å². The number of nitrogens with zero attached hydrogens (tertiary/aromatic N) is 3. The van der Waals surface area contributed by atoms with Crippen LogP contribution >= 0.6 is 0 Å². The quantitative estimate of drug-likeness (QED) is 0.800. The largest absolute Gasteiger partial charge is 0.322 e. The summed E-state index contributed by atoms with van der Waals surface area (Å²) >= 11 is 0. The zero-order chi connectivity index (χ0) is 10.8. The zero-order valence-corrected chi connectivity index (χ0v) is 8.51. The number of benzene rings is 1. The number of hydrogen-bond acceptors (Lipinski definition) is 3. The number of imidazole rings is 1. The number of fused-ring (bicyclic) bond motifs is 1. The molecule has 0 spiro atoms. The average Bonchev–Trinajstić information content (AvgIpc) is 2.58. The molecule has 1 unspecified atom stereocenters. The van der Waals surface area contributed by atoms with Crippen LogP contribution in [0.3, 0.4) is 0 Å². The summed E-state index contributed by atoms with van der Waals surface area (Å²) < 4.78 is 1.86. The van der Waals surface area contributed by atoms with Gasteiger partial charge in [0.15, 0.2) is 0 Å². The molecule has 1 aromatic heterocycles. The normalized spacial score (nSPS) is 12.6. The van der Waals surface area contributed by atoms with Gasteiger partial charge >= 0.3 is 0 Å². The van der Waals surface area contributed by atoms with E-state index in [0.29, 0.717) is 0 Å². The van der Waals surface area contributed by atoms with Crippen LogP contribution in [0.15, 0.2) is 24.3 Å². The third kappa shape index (κ3) is 1.58. The fourth-order valence-corrected chi connectivity index (χ4v) is 1.68.